The highest BCUT2D eigenvalue weighted by Gasteiger charge is 2.29. The maximum Gasteiger partial charge on any atom is 0.351 e. The van der Waals surface area contributed by atoms with Crippen LogP contribution in [0.25, 0.3) is 10.1 Å². The number of hydrogen-bond acceptors (Lipinski definition) is 7. The SMILES string of the molecule is Nc1nc(=O)n([C@H]2CC[C@@H](COC(=O)c3cc4ccccc4s3)O2)cc1F. The number of rotatable bonds is 4. The lowest BCUT2D eigenvalue weighted by Crippen LogP contribution is -2.29. The summed E-state index contributed by atoms with van der Waals surface area (Å²) in [4.78, 5) is 28.1. The van der Waals surface area contributed by atoms with Crippen molar-refractivity contribution in [2.75, 3.05) is 12.3 Å². The predicted octanol–water partition coefficient (Wildman–Crippen LogP) is 2.71. The standard InChI is InChI=1S/C18H16FN3O4S/c19-12-8-22(18(24)21-16(12)20)15-6-5-11(26-15)9-25-17(23)14-7-10-3-1-2-4-13(10)27-14/h1-4,7-8,11,15H,5-6,9H2,(H2,20,21,24)/t11-,15+/m0/s1. The lowest BCUT2D eigenvalue weighted by Gasteiger charge is -2.15. The van der Waals surface area contributed by atoms with Gasteiger partial charge in [0.15, 0.2) is 11.6 Å². The molecule has 0 aliphatic carbocycles. The maximum absolute atomic E-state index is 13.6. The molecule has 0 unspecified atom stereocenters. The number of hydrogen-bond donors (Lipinski definition) is 1. The Labute approximate surface area is 157 Å². The number of benzene rings is 1. The van der Waals surface area contributed by atoms with Crippen LogP contribution in [0, 0.1) is 5.82 Å². The zero-order chi connectivity index (χ0) is 19.0. The van der Waals surface area contributed by atoms with Gasteiger partial charge in [0.2, 0.25) is 0 Å². The molecule has 1 aliphatic heterocycles. The Hall–Kier alpha value is -2.78. The lowest BCUT2D eigenvalue weighted by molar-refractivity contribution is -0.0341. The Bertz CT molecular complexity index is 1030. The molecule has 0 bridgehead atoms. The third-order valence-corrected chi connectivity index (χ3v) is 5.45. The zero-order valence-corrected chi connectivity index (χ0v) is 14.9. The minimum atomic E-state index is -0.780. The van der Waals surface area contributed by atoms with Crippen LogP contribution in [0.2, 0.25) is 0 Å². The second-order valence-electron chi connectivity index (χ2n) is 6.20. The van der Waals surface area contributed by atoms with Crippen LogP contribution in [0.3, 0.4) is 0 Å². The molecule has 0 saturated carbocycles. The van der Waals surface area contributed by atoms with E-state index in [1.54, 1.807) is 6.07 Å². The van der Waals surface area contributed by atoms with E-state index in [9.17, 15) is 14.0 Å². The number of fused-ring (bicyclic) bond motifs is 1. The summed E-state index contributed by atoms with van der Waals surface area (Å²) in [6.45, 7) is 0.0587. The Morgan fingerprint density at radius 1 is 1.41 bits per heavy atom. The minimum absolute atomic E-state index is 0.0587. The molecule has 2 aromatic heterocycles. The Balaban J connectivity index is 1.38. The van der Waals surface area contributed by atoms with Gasteiger partial charge in [0.1, 0.15) is 17.7 Å². The number of halogens is 1. The summed E-state index contributed by atoms with van der Waals surface area (Å²) in [6.07, 6.45) is 1.01. The molecule has 3 heterocycles. The molecule has 27 heavy (non-hydrogen) atoms. The van der Waals surface area contributed by atoms with E-state index in [1.807, 2.05) is 24.3 Å². The van der Waals surface area contributed by atoms with Crippen molar-refractivity contribution >= 4 is 33.2 Å². The van der Waals surface area contributed by atoms with Gasteiger partial charge in [-0.2, -0.15) is 4.98 Å². The summed E-state index contributed by atoms with van der Waals surface area (Å²) in [7, 11) is 0. The fraction of sp³-hybridized carbons (Fsp3) is 0.278. The van der Waals surface area contributed by atoms with Crippen LogP contribution >= 0.6 is 11.3 Å². The van der Waals surface area contributed by atoms with E-state index in [0.717, 1.165) is 20.9 Å². The summed E-state index contributed by atoms with van der Waals surface area (Å²) >= 11 is 1.37. The second-order valence-corrected chi connectivity index (χ2v) is 7.28. The van der Waals surface area contributed by atoms with Gasteiger partial charge in [0.05, 0.1) is 12.3 Å². The van der Waals surface area contributed by atoms with E-state index in [-0.39, 0.29) is 12.7 Å². The lowest BCUT2D eigenvalue weighted by atomic mass is 10.2. The number of carbonyl (C=O) groups excluding carboxylic acids is 1. The molecule has 140 valence electrons. The van der Waals surface area contributed by atoms with Gasteiger partial charge in [-0.1, -0.05) is 18.2 Å². The third kappa shape index (κ3) is 3.56. The predicted molar refractivity (Wildman–Crippen MR) is 98.1 cm³/mol. The van der Waals surface area contributed by atoms with Crippen molar-refractivity contribution in [3.8, 4) is 0 Å². The molecule has 2 N–H and O–H groups in total. The van der Waals surface area contributed by atoms with E-state index in [1.165, 1.54) is 11.3 Å². The number of aromatic nitrogens is 2. The van der Waals surface area contributed by atoms with E-state index in [4.69, 9.17) is 15.2 Å². The number of nitrogens with two attached hydrogens (primary N) is 1. The highest BCUT2D eigenvalue weighted by Crippen LogP contribution is 2.29. The monoisotopic (exact) mass is 389 g/mol. The molecule has 9 heteroatoms. The summed E-state index contributed by atoms with van der Waals surface area (Å²) in [6, 6.07) is 9.50. The number of nitrogens with zero attached hydrogens (tertiary/aromatic N) is 2. The zero-order valence-electron chi connectivity index (χ0n) is 14.1. The molecule has 1 aromatic carbocycles. The number of thiophene rings is 1. The fourth-order valence-corrected chi connectivity index (χ4v) is 3.96. The summed E-state index contributed by atoms with van der Waals surface area (Å²) in [5.41, 5.74) is 4.60. The highest BCUT2D eigenvalue weighted by molar-refractivity contribution is 7.20. The molecule has 4 rings (SSSR count). The van der Waals surface area contributed by atoms with Crippen molar-refractivity contribution in [1.82, 2.24) is 9.55 Å². The summed E-state index contributed by atoms with van der Waals surface area (Å²) < 4.78 is 26.7. The Morgan fingerprint density at radius 3 is 3.04 bits per heavy atom. The summed E-state index contributed by atoms with van der Waals surface area (Å²) in [5.74, 6) is -1.64. The normalized spacial score (nSPS) is 19.4. The van der Waals surface area contributed by atoms with Crippen LogP contribution in [-0.4, -0.2) is 28.2 Å². The molecule has 0 spiro atoms. The minimum Gasteiger partial charge on any atom is -0.459 e. The number of esters is 1. The first kappa shape index (κ1) is 17.6. The molecule has 2 atom stereocenters. The van der Waals surface area contributed by atoms with Gasteiger partial charge in [-0.25, -0.2) is 14.0 Å². The average Bonchev–Trinajstić information content (AvgIpc) is 3.29. The Kier molecular flexibility index (Phi) is 4.63. The first-order valence-corrected chi connectivity index (χ1v) is 9.18. The molecule has 1 fully saturated rings. The van der Waals surface area contributed by atoms with Crippen LogP contribution in [0.15, 0.2) is 41.3 Å². The van der Waals surface area contributed by atoms with Crippen molar-refractivity contribution in [3.05, 3.63) is 57.7 Å². The molecule has 1 aliphatic rings. The third-order valence-electron chi connectivity index (χ3n) is 4.36. The number of anilines is 1. The van der Waals surface area contributed by atoms with Crippen LogP contribution in [0.1, 0.15) is 28.7 Å². The number of carbonyl (C=O) groups is 1. The topological polar surface area (TPSA) is 96.4 Å². The first-order valence-electron chi connectivity index (χ1n) is 8.36. The molecule has 7 nitrogen and oxygen atoms in total. The largest absolute Gasteiger partial charge is 0.459 e. The highest BCUT2D eigenvalue weighted by atomic mass is 32.1. The van der Waals surface area contributed by atoms with Gasteiger partial charge in [-0.15, -0.1) is 11.3 Å². The van der Waals surface area contributed by atoms with E-state index in [0.29, 0.717) is 17.7 Å². The van der Waals surface area contributed by atoms with Gasteiger partial charge in [0.25, 0.3) is 0 Å². The van der Waals surface area contributed by atoms with Gasteiger partial charge < -0.3 is 15.2 Å². The molecule has 1 saturated heterocycles. The molecule has 3 aromatic rings. The maximum atomic E-state index is 13.6. The quantitative estimate of drug-likeness (QED) is 0.689. The molecule has 0 radical (unpaired) electrons. The van der Waals surface area contributed by atoms with Crippen molar-refractivity contribution in [2.24, 2.45) is 0 Å². The molecule has 0 amide bonds. The van der Waals surface area contributed by atoms with Crippen LogP contribution in [0.5, 0.6) is 0 Å². The van der Waals surface area contributed by atoms with Gasteiger partial charge >= 0.3 is 11.7 Å². The summed E-state index contributed by atoms with van der Waals surface area (Å²) in [5, 5.41) is 0.990. The first-order chi connectivity index (χ1) is 13.0. The second kappa shape index (κ2) is 7.09. The number of ether oxygens (including phenoxy) is 2. The van der Waals surface area contributed by atoms with Crippen molar-refractivity contribution in [1.29, 1.82) is 0 Å². The van der Waals surface area contributed by atoms with E-state index >= 15 is 0 Å². The van der Waals surface area contributed by atoms with Crippen molar-refractivity contribution < 1.29 is 18.7 Å². The van der Waals surface area contributed by atoms with Gasteiger partial charge in [-0.05, 0) is 30.4 Å². The van der Waals surface area contributed by atoms with Crippen LogP contribution in [-0.2, 0) is 9.47 Å². The van der Waals surface area contributed by atoms with Crippen LogP contribution < -0.4 is 11.4 Å². The van der Waals surface area contributed by atoms with E-state index in [2.05, 4.69) is 4.98 Å². The van der Waals surface area contributed by atoms with Gasteiger partial charge in [-0.3, -0.25) is 4.57 Å². The van der Waals surface area contributed by atoms with E-state index < -0.39 is 29.5 Å². The van der Waals surface area contributed by atoms with Crippen LogP contribution in [0.4, 0.5) is 10.2 Å². The number of nitrogen functional groups attached to an aromatic ring is 1. The molecular weight excluding hydrogens is 373 g/mol. The smallest absolute Gasteiger partial charge is 0.351 e. The fourth-order valence-electron chi connectivity index (χ4n) is 3.00. The van der Waals surface area contributed by atoms with Crippen molar-refractivity contribution in [2.45, 2.75) is 25.2 Å². The Morgan fingerprint density at radius 2 is 2.22 bits per heavy atom. The van der Waals surface area contributed by atoms with Crippen molar-refractivity contribution in [3.63, 3.8) is 0 Å². The average molecular weight is 389 g/mol. The molecular formula is C18H16FN3O4S. The van der Waals surface area contributed by atoms with Gasteiger partial charge in [0, 0.05) is 4.70 Å².